The molecule has 1 fully saturated rings. The molecular formula is C15H23N3O2. The van der Waals surface area contributed by atoms with Crippen molar-refractivity contribution in [3.8, 4) is 0 Å². The number of nitrogens with one attached hydrogen (secondary N) is 2. The van der Waals surface area contributed by atoms with E-state index in [1.54, 1.807) is 0 Å². The number of hydrazine groups is 1. The summed E-state index contributed by atoms with van der Waals surface area (Å²) in [6.07, 6.45) is 0.613. The fraction of sp³-hybridized carbons (Fsp3) is 0.533. The number of hydrogen-bond acceptors (Lipinski definition) is 4. The highest BCUT2D eigenvalue weighted by atomic mass is 16.6. The van der Waals surface area contributed by atoms with Gasteiger partial charge in [0.05, 0.1) is 5.69 Å². The number of nitrogens with zero attached hydrogens (tertiary/aromatic N) is 1. The van der Waals surface area contributed by atoms with Crippen LogP contribution in [0.5, 0.6) is 0 Å². The number of para-hydroxylation sites is 1. The summed E-state index contributed by atoms with van der Waals surface area (Å²) in [4.78, 5) is 12.4. The van der Waals surface area contributed by atoms with Crippen molar-refractivity contribution in [3.05, 3.63) is 30.3 Å². The van der Waals surface area contributed by atoms with Crippen LogP contribution in [-0.2, 0) is 4.74 Å². The van der Waals surface area contributed by atoms with Gasteiger partial charge in [-0.3, -0.25) is 0 Å². The molecule has 0 bridgehead atoms. The fourth-order valence-corrected chi connectivity index (χ4v) is 2.06. The molecule has 20 heavy (non-hydrogen) atoms. The third-order valence-corrected chi connectivity index (χ3v) is 2.96. The molecule has 0 saturated carbocycles. The number of hydrogen-bond donors (Lipinski definition) is 2. The van der Waals surface area contributed by atoms with Gasteiger partial charge in [0.2, 0.25) is 0 Å². The summed E-state index contributed by atoms with van der Waals surface area (Å²) in [5.41, 5.74) is 3.52. The average molecular weight is 277 g/mol. The van der Waals surface area contributed by atoms with Crippen LogP contribution in [0, 0.1) is 0 Å². The summed E-state index contributed by atoms with van der Waals surface area (Å²) < 4.78 is 5.47. The Hall–Kier alpha value is -1.59. The zero-order chi connectivity index (χ0) is 14.6. The van der Waals surface area contributed by atoms with E-state index in [4.69, 9.17) is 4.74 Å². The SMILES string of the molecule is CC(C)(C)OC(=O)N(NC1CCNC1)c1ccccc1. The smallest absolute Gasteiger partial charge is 0.429 e. The van der Waals surface area contributed by atoms with Crippen LogP contribution in [0.1, 0.15) is 27.2 Å². The number of ether oxygens (including phenoxy) is 1. The first kappa shape index (κ1) is 14.8. The molecule has 2 N–H and O–H groups in total. The largest absolute Gasteiger partial charge is 0.442 e. The molecule has 1 aromatic rings. The number of anilines is 1. The first-order valence-corrected chi connectivity index (χ1v) is 7.01. The van der Waals surface area contributed by atoms with Gasteiger partial charge in [0, 0.05) is 12.6 Å². The summed E-state index contributed by atoms with van der Waals surface area (Å²) in [5.74, 6) is 0. The van der Waals surface area contributed by atoms with Crippen LogP contribution in [0.3, 0.4) is 0 Å². The molecule has 1 aliphatic rings. The Kier molecular flexibility index (Phi) is 4.62. The molecular weight excluding hydrogens is 254 g/mol. The second-order valence-corrected chi connectivity index (χ2v) is 5.97. The maximum absolute atomic E-state index is 12.4. The molecule has 5 nitrogen and oxygen atoms in total. The second-order valence-electron chi connectivity index (χ2n) is 5.97. The molecule has 1 aromatic carbocycles. The number of carbonyl (C=O) groups is 1. The average Bonchev–Trinajstić information content (AvgIpc) is 2.87. The lowest BCUT2D eigenvalue weighted by molar-refractivity contribution is 0.0556. The van der Waals surface area contributed by atoms with E-state index in [2.05, 4.69) is 10.7 Å². The van der Waals surface area contributed by atoms with Gasteiger partial charge in [-0.1, -0.05) is 18.2 Å². The van der Waals surface area contributed by atoms with Gasteiger partial charge in [0.25, 0.3) is 0 Å². The van der Waals surface area contributed by atoms with Crippen molar-refractivity contribution in [3.63, 3.8) is 0 Å². The van der Waals surface area contributed by atoms with Gasteiger partial charge in [-0.05, 0) is 45.9 Å². The van der Waals surface area contributed by atoms with Crippen molar-refractivity contribution < 1.29 is 9.53 Å². The maximum atomic E-state index is 12.4. The Morgan fingerprint density at radius 3 is 2.60 bits per heavy atom. The molecule has 0 aliphatic carbocycles. The van der Waals surface area contributed by atoms with E-state index in [1.807, 2.05) is 51.1 Å². The van der Waals surface area contributed by atoms with Gasteiger partial charge in [-0.15, -0.1) is 0 Å². The normalized spacial score (nSPS) is 18.9. The standard InChI is InChI=1S/C15H23N3O2/c1-15(2,3)20-14(19)18(13-7-5-4-6-8-13)17-12-9-10-16-11-12/h4-8,12,16-17H,9-11H2,1-3H3. The van der Waals surface area contributed by atoms with E-state index in [0.717, 1.165) is 25.2 Å². The van der Waals surface area contributed by atoms with Crippen LogP contribution in [0.15, 0.2) is 30.3 Å². The molecule has 1 unspecified atom stereocenters. The van der Waals surface area contributed by atoms with Crippen molar-refractivity contribution in [2.75, 3.05) is 18.1 Å². The first-order valence-electron chi connectivity index (χ1n) is 7.01. The molecule has 1 amide bonds. The molecule has 0 radical (unpaired) electrons. The molecule has 5 heteroatoms. The van der Waals surface area contributed by atoms with Crippen molar-refractivity contribution in [2.45, 2.75) is 38.8 Å². The summed E-state index contributed by atoms with van der Waals surface area (Å²) in [6, 6.07) is 9.75. The summed E-state index contributed by atoms with van der Waals surface area (Å²) in [7, 11) is 0. The number of benzene rings is 1. The summed E-state index contributed by atoms with van der Waals surface area (Å²) >= 11 is 0. The Balaban J connectivity index is 2.13. The Labute approximate surface area is 120 Å². The van der Waals surface area contributed by atoms with Crippen LogP contribution in [0.2, 0.25) is 0 Å². The maximum Gasteiger partial charge on any atom is 0.429 e. The highest BCUT2D eigenvalue weighted by molar-refractivity contribution is 5.86. The quantitative estimate of drug-likeness (QED) is 0.832. The molecule has 1 aliphatic heterocycles. The van der Waals surface area contributed by atoms with Gasteiger partial charge in [0.1, 0.15) is 5.60 Å². The second kappa shape index (κ2) is 6.24. The number of amides is 1. The summed E-state index contributed by atoms with van der Waals surface area (Å²) in [5, 5.41) is 4.78. The zero-order valence-electron chi connectivity index (χ0n) is 12.3. The minimum absolute atomic E-state index is 0.239. The molecule has 0 aromatic heterocycles. The van der Waals surface area contributed by atoms with Gasteiger partial charge in [-0.2, -0.15) is 0 Å². The van der Waals surface area contributed by atoms with Crippen molar-refractivity contribution in [1.82, 2.24) is 10.7 Å². The number of carbonyl (C=O) groups excluding carboxylic acids is 1. The van der Waals surface area contributed by atoms with E-state index in [1.165, 1.54) is 5.01 Å². The van der Waals surface area contributed by atoms with Gasteiger partial charge < -0.3 is 10.1 Å². The Bertz CT molecular complexity index is 436. The van der Waals surface area contributed by atoms with Gasteiger partial charge in [-0.25, -0.2) is 15.2 Å². The van der Waals surface area contributed by atoms with E-state index in [0.29, 0.717) is 0 Å². The van der Waals surface area contributed by atoms with E-state index in [-0.39, 0.29) is 12.1 Å². The first-order chi connectivity index (χ1) is 9.46. The molecule has 1 saturated heterocycles. The topological polar surface area (TPSA) is 53.6 Å². The minimum atomic E-state index is -0.514. The van der Waals surface area contributed by atoms with Crippen LogP contribution >= 0.6 is 0 Å². The third-order valence-electron chi connectivity index (χ3n) is 2.96. The lowest BCUT2D eigenvalue weighted by atomic mass is 10.2. The van der Waals surface area contributed by atoms with Crippen molar-refractivity contribution in [1.29, 1.82) is 0 Å². The molecule has 1 atom stereocenters. The fourth-order valence-electron chi connectivity index (χ4n) is 2.06. The van der Waals surface area contributed by atoms with Crippen LogP contribution < -0.4 is 15.8 Å². The Morgan fingerprint density at radius 2 is 2.05 bits per heavy atom. The van der Waals surface area contributed by atoms with Crippen molar-refractivity contribution in [2.24, 2.45) is 0 Å². The van der Waals surface area contributed by atoms with E-state index in [9.17, 15) is 4.79 Å². The highest BCUT2D eigenvalue weighted by Crippen LogP contribution is 2.17. The minimum Gasteiger partial charge on any atom is -0.442 e. The van der Waals surface area contributed by atoms with Crippen molar-refractivity contribution >= 4 is 11.8 Å². The van der Waals surface area contributed by atoms with Gasteiger partial charge in [0.15, 0.2) is 0 Å². The predicted molar refractivity (Wildman–Crippen MR) is 79.6 cm³/mol. The lowest BCUT2D eigenvalue weighted by Crippen LogP contribution is -2.51. The highest BCUT2D eigenvalue weighted by Gasteiger charge is 2.26. The molecule has 0 spiro atoms. The molecule has 1 heterocycles. The van der Waals surface area contributed by atoms with E-state index < -0.39 is 5.60 Å². The zero-order valence-corrected chi connectivity index (χ0v) is 12.3. The van der Waals surface area contributed by atoms with Gasteiger partial charge >= 0.3 is 6.09 Å². The third kappa shape index (κ3) is 4.21. The Morgan fingerprint density at radius 1 is 1.35 bits per heavy atom. The van der Waals surface area contributed by atoms with Crippen LogP contribution in [-0.4, -0.2) is 30.8 Å². The molecule has 2 rings (SSSR count). The summed E-state index contributed by atoms with van der Waals surface area (Å²) in [6.45, 7) is 7.42. The predicted octanol–water partition coefficient (Wildman–Crippen LogP) is 2.29. The van der Waals surface area contributed by atoms with Crippen LogP contribution in [0.25, 0.3) is 0 Å². The van der Waals surface area contributed by atoms with E-state index >= 15 is 0 Å². The van der Waals surface area contributed by atoms with Crippen LogP contribution in [0.4, 0.5) is 10.5 Å². The number of rotatable bonds is 3. The lowest BCUT2D eigenvalue weighted by Gasteiger charge is -2.29. The molecule has 110 valence electrons. The monoisotopic (exact) mass is 277 g/mol.